The van der Waals surface area contributed by atoms with Gasteiger partial charge in [0.15, 0.2) is 5.82 Å². The molecular weight excluding hydrogens is 248 g/mol. The number of aryl methyl sites for hydroxylation is 4. The van der Waals surface area contributed by atoms with Crippen LogP contribution in [0.15, 0.2) is 18.2 Å². The quantitative estimate of drug-likeness (QED) is 0.911. The second kappa shape index (κ2) is 4.85. The number of nitrogen functional groups attached to an aromatic ring is 1. The first-order valence-electron chi connectivity index (χ1n) is 7.31. The Kier molecular flexibility index (Phi) is 3.16. The Morgan fingerprint density at radius 2 is 2.10 bits per heavy atom. The van der Waals surface area contributed by atoms with Gasteiger partial charge in [-0.3, -0.25) is 0 Å². The molecule has 2 aromatic rings. The van der Waals surface area contributed by atoms with E-state index in [0.717, 1.165) is 43.1 Å². The molecule has 2 heterocycles. The van der Waals surface area contributed by atoms with Crippen LogP contribution in [0.2, 0.25) is 0 Å². The van der Waals surface area contributed by atoms with Crippen molar-refractivity contribution in [3.05, 3.63) is 35.0 Å². The molecule has 20 heavy (non-hydrogen) atoms. The zero-order chi connectivity index (χ0) is 14.3. The lowest BCUT2D eigenvalue weighted by atomic mass is 9.99. The zero-order valence-electron chi connectivity index (χ0n) is 12.5. The standard InChI is InChI=1S/C16H22N4/c1-4-20-16(15(17)12(3)18-20)19-9-5-6-13-10-11(2)7-8-14(13)19/h7-8,10H,4-6,9,17H2,1-3H3. The Balaban J connectivity index is 2.13. The van der Waals surface area contributed by atoms with Crippen molar-refractivity contribution in [1.82, 2.24) is 9.78 Å². The summed E-state index contributed by atoms with van der Waals surface area (Å²) >= 11 is 0. The predicted molar refractivity (Wildman–Crippen MR) is 83.6 cm³/mol. The molecule has 0 saturated heterocycles. The van der Waals surface area contributed by atoms with Crippen LogP contribution in [-0.2, 0) is 13.0 Å². The maximum Gasteiger partial charge on any atom is 0.155 e. The number of hydrogen-bond donors (Lipinski definition) is 1. The lowest BCUT2D eigenvalue weighted by Crippen LogP contribution is -2.27. The molecule has 0 bridgehead atoms. The van der Waals surface area contributed by atoms with Crippen LogP contribution in [0.4, 0.5) is 17.2 Å². The Labute approximate surface area is 120 Å². The van der Waals surface area contributed by atoms with E-state index in [-0.39, 0.29) is 0 Å². The number of fused-ring (bicyclic) bond motifs is 1. The molecule has 0 aliphatic carbocycles. The Morgan fingerprint density at radius 3 is 2.85 bits per heavy atom. The summed E-state index contributed by atoms with van der Waals surface area (Å²) in [6.45, 7) is 8.07. The van der Waals surface area contributed by atoms with Crippen molar-refractivity contribution in [2.45, 2.75) is 40.2 Å². The summed E-state index contributed by atoms with van der Waals surface area (Å²) in [4.78, 5) is 2.33. The Morgan fingerprint density at radius 1 is 1.30 bits per heavy atom. The smallest absolute Gasteiger partial charge is 0.155 e. The van der Waals surface area contributed by atoms with E-state index in [1.807, 2.05) is 11.6 Å². The van der Waals surface area contributed by atoms with Crippen molar-refractivity contribution in [1.29, 1.82) is 0 Å². The van der Waals surface area contributed by atoms with Gasteiger partial charge >= 0.3 is 0 Å². The fourth-order valence-corrected chi connectivity index (χ4v) is 3.03. The van der Waals surface area contributed by atoms with Gasteiger partial charge in [0.05, 0.1) is 11.4 Å². The maximum absolute atomic E-state index is 6.27. The molecule has 0 unspecified atom stereocenters. The van der Waals surface area contributed by atoms with Crippen LogP contribution in [0.5, 0.6) is 0 Å². The lowest BCUT2D eigenvalue weighted by Gasteiger charge is -2.32. The molecule has 1 aromatic heterocycles. The number of nitrogens with two attached hydrogens (primary N) is 1. The molecule has 1 aliphatic rings. The van der Waals surface area contributed by atoms with E-state index in [1.54, 1.807) is 0 Å². The van der Waals surface area contributed by atoms with Crippen LogP contribution in [0.1, 0.15) is 30.2 Å². The summed E-state index contributed by atoms with van der Waals surface area (Å²) < 4.78 is 2.01. The summed E-state index contributed by atoms with van der Waals surface area (Å²) in [5.74, 6) is 1.05. The monoisotopic (exact) mass is 270 g/mol. The number of anilines is 3. The first-order chi connectivity index (χ1) is 9.61. The minimum Gasteiger partial charge on any atom is -0.394 e. The summed E-state index contributed by atoms with van der Waals surface area (Å²) in [7, 11) is 0. The van der Waals surface area contributed by atoms with E-state index in [4.69, 9.17) is 5.73 Å². The first-order valence-corrected chi connectivity index (χ1v) is 7.31. The second-order valence-corrected chi connectivity index (χ2v) is 5.53. The summed E-state index contributed by atoms with van der Waals surface area (Å²) in [5.41, 5.74) is 12.0. The molecule has 0 fully saturated rings. The SMILES string of the molecule is CCn1nc(C)c(N)c1N1CCCc2cc(C)ccc21. The molecule has 106 valence electrons. The normalized spacial score (nSPS) is 14.4. The van der Waals surface area contributed by atoms with Gasteiger partial charge in [-0.2, -0.15) is 5.10 Å². The highest BCUT2D eigenvalue weighted by atomic mass is 15.4. The molecule has 0 radical (unpaired) electrons. The topological polar surface area (TPSA) is 47.1 Å². The van der Waals surface area contributed by atoms with Gasteiger partial charge in [0.1, 0.15) is 0 Å². The average molecular weight is 270 g/mol. The Bertz CT molecular complexity index is 642. The van der Waals surface area contributed by atoms with E-state index in [0.29, 0.717) is 0 Å². The van der Waals surface area contributed by atoms with Crippen molar-refractivity contribution >= 4 is 17.2 Å². The molecule has 0 spiro atoms. The molecule has 2 N–H and O–H groups in total. The van der Waals surface area contributed by atoms with Crippen molar-refractivity contribution in [2.24, 2.45) is 0 Å². The van der Waals surface area contributed by atoms with Crippen LogP contribution in [-0.4, -0.2) is 16.3 Å². The second-order valence-electron chi connectivity index (χ2n) is 5.53. The van der Waals surface area contributed by atoms with Crippen molar-refractivity contribution in [3.8, 4) is 0 Å². The van der Waals surface area contributed by atoms with Crippen molar-refractivity contribution in [2.75, 3.05) is 17.2 Å². The third-order valence-corrected chi connectivity index (χ3v) is 4.05. The van der Waals surface area contributed by atoms with Gasteiger partial charge in [-0.25, -0.2) is 4.68 Å². The van der Waals surface area contributed by atoms with Crippen LogP contribution in [0, 0.1) is 13.8 Å². The molecule has 1 aromatic carbocycles. The highest BCUT2D eigenvalue weighted by Gasteiger charge is 2.24. The molecule has 4 nitrogen and oxygen atoms in total. The maximum atomic E-state index is 6.27. The van der Waals surface area contributed by atoms with Crippen LogP contribution < -0.4 is 10.6 Å². The highest BCUT2D eigenvalue weighted by Crippen LogP contribution is 2.37. The van der Waals surface area contributed by atoms with E-state index in [1.165, 1.54) is 16.8 Å². The third-order valence-electron chi connectivity index (χ3n) is 4.05. The third kappa shape index (κ3) is 1.96. The summed E-state index contributed by atoms with van der Waals surface area (Å²) in [6, 6.07) is 6.68. The minimum atomic E-state index is 0.806. The van der Waals surface area contributed by atoms with Gasteiger partial charge in [0.25, 0.3) is 0 Å². The Hall–Kier alpha value is -1.97. The molecule has 1 aliphatic heterocycles. The molecule has 3 rings (SSSR count). The molecule has 0 amide bonds. The average Bonchev–Trinajstić information content (AvgIpc) is 2.73. The summed E-state index contributed by atoms with van der Waals surface area (Å²) in [5, 5.41) is 4.54. The molecule has 4 heteroatoms. The van der Waals surface area contributed by atoms with E-state index < -0.39 is 0 Å². The first kappa shape index (κ1) is 13.0. The zero-order valence-corrected chi connectivity index (χ0v) is 12.5. The largest absolute Gasteiger partial charge is 0.394 e. The van der Waals surface area contributed by atoms with Crippen molar-refractivity contribution < 1.29 is 0 Å². The van der Waals surface area contributed by atoms with Crippen LogP contribution >= 0.6 is 0 Å². The molecular formula is C16H22N4. The van der Waals surface area contributed by atoms with Gasteiger partial charge in [-0.05, 0) is 45.2 Å². The molecule has 0 saturated carbocycles. The predicted octanol–water partition coefficient (Wildman–Crippen LogP) is 3.19. The number of hydrogen-bond acceptors (Lipinski definition) is 3. The number of nitrogens with zero attached hydrogens (tertiary/aromatic N) is 3. The highest BCUT2D eigenvalue weighted by molar-refractivity contribution is 5.76. The van der Waals surface area contributed by atoms with Gasteiger partial charge in [-0.15, -0.1) is 0 Å². The molecule has 0 atom stereocenters. The number of benzene rings is 1. The fourth-order valence-electron chi connectivity index (χ4n) is 3.03. The van der Waals surface area contributed by atoms with Crippen LogP contribution in [0.25, 0.3) is 0 Å². The fraction of sp³-hybridized carbons (Fsp3) is 0.438. The van der Waals surface area contributed by atoms with Gasteiger partial charge in [0, 0.05) is 18.8 Å². The number of aromatic nitrogens is 2. The van der Waals surface area contributed by atoms with E-state index in [9.17, 15) is 0 Å². The van der Waals surface area contributed by atoms with Crippen molar-refractivity contribution in [3.63, 3.8) is 0 Å². The van der Waals surface area contributed by atoms with Gasteiger partial charge < -0.3 is 10.6 Å². The summed E-state index contributed by atoms with van der Waals surface area (Å²) in [6.07, 6.45) is 2.30. The van der Waals surface area contributed by atoms with Gasteiger partial charge in [0.2, 0.25) is 0 Å². The number of rotatable bonds is 2. The van der Waals surface area contributed by atoms with Crippen LogP contribution in [0.3, 0.4) is 0 Å². The minimum absolute atomic E-state index is 0.806. The van der Waals surface area contributed by atoms with Gasteiger partial charge in [-0.1, -0.05) is 17.7 Å². The lowest BCUT2D eigenvalue weighted by molar-refractivity contribution is 0.636. The van der Waals surface area contributed by atoms with E-state index >= 15 is 0 Å². The van der Waals surface area contributed by atoms with E-state index in [2.05, 4.69) is 42.0 Å².